The van der Waals surface area contributed by atoms with Gasteiger partial charge in [0.25, 0.3) is 0 Å². The molecule has 2 heterocycles. The molecule has 2 fully saturated rings. The molecule has 0 aromatic heterocycles. The quantitative estimate of drug-likeness (QED) is 0.124. The number of alkyl halides is 6. The highest BCUT2D eigenvalue weighted by Crippen LogP contribution is 2.32. The molecule has 0 bridgehead atoms. The van der Waals surface area contributed by atoms with Gasteiger partial charge in [0.2, 0.25) is 0 Å². The largest absolute Gasteiger partial charge is 0.508 e. The summed E-state index contributed by atoms with van der Waals surface area (Å²) < 4.78 is 116. The van der Waals surface area contributed by atoms with Crippen molar-refractivity contribution in [1.29, 1.82) is 10.5 Å². The van der Waals surface area contributed by atoms with Crippen LogP contribution in [0, 0.1) is 36.2 Å². The van der Waals surface area contributed by atoms with Gasteiger partial charge >= 0.3 is 55.1 Å². The van der Waals surface area contributed by atoms with E-state index in [1.807, 2.05) is 6.07 Å². The number of nitrogens with zero attached hydrogens (tertiary/aromatic N) is 3. The van der Waals surface area contributed by atoms with Crippen molar-refractivity contribution in [2.75, 3.05) is 0 Å². The van der Waals surface area contributed by atoms with Gasteiger partial charge in [0.05, 0.1) is 35.4 Å². The topological polar surface area (TPSA) is 168 Å². The molecule has 0 atom stereocenters. The average molecular weight is 897 g/mol. The van der Waals surface area contributed by atoms with Crippen molar-refractivity contribution >= 4 is 81.2 Å². The molecule has 0 radical (unpaired) electrons. The van der Waals surface area contributed by atoms with E-state index in [1.54, 1.807) is 97.9 Å². The maximum Gasteiger partial charge on any atom is 0.467 e. The number of hydrogen-bond donors (Lipinski definition) is 3. The number of nitriles is 2. The van der Waals surface area contributed by atoms with E-state index in [2.05, 4.69) is 4.85 Å². The second-order valence-electron chi connectivity index (χ2n) is 14.7. The summed E-state index contributed by atoms with van der Waals surface area (Å²) >= 11 is 0. The number of phenols is 3. The van der Waals surface area contributed by atoms with Crippen molar-refractivity contribution in [2.45, 2.75) is 19.3 Å². The summed E-state index contributed by atoms with van der Waals surface area (Å²) in [6, 6.07) is 32.6. The Bertz CT molecular complexity index is 2630. The molecule has 24 heteroatoms. The fourth-order valence-corrected chi connectivity index (χ4v) is 6.73. The molecule has 324 valence electrons. The Morgan fingerprint density at radius 2 is 0.773 bits per heavy atom. The lowest BCUT2D eigenvalue weighted by Crippen LogP contribution is -2.61. The first-order chi connectivity index (χ1) is 31.4. The Morgan fingerprint density at radius 3 is 1.12 bits per heavy atom. The van der Waals surface area contributed by atoms with Crippen LogP contribution in [0.5, 0.6) is 17.2 Å². The Morgan fingerprint density at radius 1 is 0.455 bits per heavy atom. The molecule has 6 aromatic rings. The van der Waals surface area contributed by atoms with Crippen molar-refractivity contribution in [3.05, 3.63) is 167 Å². The minimum Gasteiger partial charge on any atom is -0.508 e. The zero-order valence-corrected chi connectivity index (χ0v) is 34.0. The highest BCUT2D eigenvalue weighted by molar-refractivity contribution is 6.88. The van der Waals surface area contributed by atoms with Crippen LogP contribution in [-0.2, 0) is 39.8 Å². The number of benzene rings is 6. The number of halogens is 6. The van der Waals surface area contributed by atoms with Gasteiger partial charge in [-0.1, -0.05) is 66.2 Å². The summed E-state index contributed by atoms with van der Waals surface area (Å²) in [5, 5.41) is 47.2. The lowest BCUT2D eigenvalue weighted by atomic mass is 9.61. The van der Waals surface area contributed by atoms with Crippen molar-refractivity contribution in [3.8, 4) is 29.4 Å². The summed E-state index contributed by atoms with van der Waals surface area (Å²) in [5.74, 6) is 0.447. The van der Waals surface area contributed by atoms with Gasteiger partial charge in [-0.15, -0.1) is 0 Å². The number of aromatic hydroxyl groups is 3. The summed E-state index contributed by atoms with van der Waals surface area (Å²) in [5.41, 5.74) is -0.312. The van der Waals surface area contributed by atoms with Crippen LogP contribution < -0.4 is 32.8 Å². The summed E-state index contributed by atoms with van der Waals surface area (Å²) in [6.07, 6.45) is -9.64. The van der Waals surface area contributed by atoms with Crippen LogP contribution in [0.2, 0.25) is 0 Å². The molecule has 6 aromatic carbocycles. The molecular weight excluding hydrogens is 869 g/mol. The Balaban J connectivity index is 0.000000209. The average Bonchev–Trinajstić information content (AvgIpc) is 3.31. The molecular formula is C42H27B6F6N3O9. The second-order valence-corrected chi connectivity index (χ2v) is 14.7. The van der Waals surface area contributed by atoms with Crippen LogP contribution in [0.15, 0.2) is 127 Å². The molecule has 3 N–H and O–H groups in total. The molecule has 0 amide bonds. The lowest BCUT2D eigenvalue weighted by molar-refractivity contribution is -0.138. The summed E-state index contributed by atoms with van der Waals surface area (Å²) in [4.78, 5) is 3.06. The molecule has 0 aliphatic carbocycles. The van der Waals surface area contributed by atoms with Gasteiger partial charge in [0, 0.05) is 5.56 Å². The highest BCUT2D eigenvalue weighted by Gasteiger charge is 2.46. The minimum absolute atomic E-state index is 0.149. The van der Waals surface area contributed by atoms with E-state index >= 15 is 0 Å². The predicted octanol–water partition coefficient (Wildman–Crippen LogP) is 4.23. The Kier molecular flexibility index (Phi) is 13.9. The van der Waals surface area contributed by atoms with E-state index in [4.69, 9.17) is 34.0 Å². The third-order valence-electron chi connectivity index (χ3n) is 9.83. The summed E-state index contributed by atoms with van der Waals surface area (Å²) in [6.45, 7) is 8.85. The van der Waals surface area contributed by atoms with Crippen LogP contribution >= 0.6 is 0 Å². The van der Waals surface area contributed by atoms with Crippen LogP contribution in [-0.4, -0.2) is 58.0 Å². The molecule has 2 aliphatic rings. The van der Waals surface area contributed by atoms with E-state index in [0.29, 0.717) is 29.8 Å². The van der Waals surface area contributed by atoms with Crippen molar-refractivity contribution in [2.24, 2.45) is 0 Å². The van der Waals surface area contributed by atoms with Gasteiger partial charge in [0.1, 0.15) is 17.2 Å². The van der Waals surface area contributed by atoms with Crippen LogP contribution in [0.1, 0.15) is 27.8 Å². The highest BCUT2D eigenvalue weighted by atomic mass is 19.4. The maximum absolute atomic E-state index is 13.5. The molecule has 12 nitrogen and oxygen atoms in total. The molecule has 2 aliphatic heterocycles. The van der Waals surface area contributed by atoms with Gasteiger partial charge in [0.15, 0.2) is 5.69 Å². The molecule has 0 spiro atoms. The van der Waals surface area contributed by atoms with Gasteiger partial charge in [-0.05, 0) is 106 Å². The molecule has 2 saturated heterocycles. The number of rotatable bonds is 6. The normalized spacial score (nSPS) is 14.2. The van der Waals surface area contributed by atoms with Crippen molar-refractivity contribution in [1.82, 2.24) is 0 Å². The molecule has 0 saturated carbocycles. The van der Waals surface area contributed by atoms with Gasteiger partial charge < -0.3 is 42.8 Å². The van der Waals surface area contributed by atoms with Crippen molar-refractivity contribution < 1.29 is 69.1 Å². The first kappa shape index (κ1) is 46.9. The molecule has 8 rings (SSSR count). The van der Waals surface area contributed by atoms with Crippen LogP contribution in [0.4, 0.5) is 32.0 Å². The summed E-state index contributed by atoms with van der Waals surface area (Å²) in [7, 11) is -6.86. The van der Waals surface area contributed by atoms with E-state index in [-0.39, 0.29) is 50.5 Å². The van der Waals surface area contributed by atoms with Gasteiger partial charge in [-0.2, -0.15) is 36.9 Å². The first-order valence-electron chi connectivity index (χ1n) is 19.4. The SMILES string of the molecule is Oc1ccc(B2OB(c3ccc(O)cc3)OB(c3ccc(O)cc3)O2)cc1.[C-]#[N+]c1cc(B2OB(c3cc(C)cc(C#N)c3)OB(c3cc(C#N)cc(C(F)(F)F)c3)O2)cc(C(F)(F)F)c1. The van der Waals surface area contributed by atoms with Gasteiger partial charge in [-0.25, -0.2) is 4.85 Å². The van der Waals surface area contributed by atoms with E-state index in [1.165, 1.54) is 6.07 Å². The molecule has 0 unspecified atom stereocenters. The zero-order chi connectivity index (χ0) is 47.3. The van der Waals surface area contributed by atoms with Crippen molar-refractivity contribution in [3.63, 3.8) is 0 Å². The number of hydrogen-bond acceptors (Lipinski definition) is 11. The smallest absolute Gasteiger partial charge is 0.467 e. The third-order valence-corrected chi connectivity index (χ3v) is 9.83. The first-order valence-corrected chi connectivity index (χ1v) is 19.4. The van der Waals surface area contributed by atoms with E-state index < -0.39 is 66.2 Å². The monoisotopic (exact) mass is 897 g/mol. The lowest BCUT2D eigenvalue weighted by Gasteiger charge is -2.32. The van der Waals surface area contributed by atoms with E-state index in [9.17, 15) is 52.2 Å². The maximum atomic E-state index is 13.5. The minimum atomic E-state index is -4.82. The predicted molar refractivity (Wildman–Crippen MR) is 233 cm³/mol. The van der Waals surface area contributed by atoms with Crippen LogP contribution in [0.3, 0.4) is 0 Å². The Labute approximate surface area is 375 Å². The fraction of sp³-hybridized carbons (Fsp3) is 0.0714. The van der Waals surface area contributed by atoms with Crippen LogP contribution in [0.25, 0.3) is 4.85 Å². The molecule has 66 heavy (non-hydrogen) atoms. The Hall–Kier alpha value is -7.08. The van der Waals surface area contributed by atoms with E-state index in [0.717, 1.165) is 28.5 Å². The number of aryl methyl sites for hydroxylation is 1. The van der Waals surface area contributed by atoms with Gasteiger partial charge in [-0.3, -0.25) is 0 Å². The fourth-order valence-electron chi connectivity index (χ4n) is 6.73. The number of phenolic OH excluding ortho intramolecular Hbond substituents is 3. The second kappa shape index (κ2) is 19.6. The zero-order valence-electron chi connectivity index (χ0n) is 34.0. The standard InChI is InChI=1S/C24H12B3F6N3O3.C18H15B3O6/c1-14-3-15(12-34)6-19(4-14)25-37-26(20-7-16(13-35)5-17(8-20)23(28,29)30)39-27(38-25)21-9-18(24(31,32)33)10-22(11-21)36-2;22-16-7-1-13(2-8-16)19-25-20(14-3-9-17(23)10-4-14)27-21(26-19)15-5-11-18(24)12-6-15/h3-11H,1H3;1-12,22-24H. The third kappa shape index (κ3) is 11.4.